The first-order valence-corrected chi connectivity index (χ1v) is 5.77. The summed E-state index contributed by atoms with van der Waals surface area (Å²) in [6.45, 7) is 2.91. The van der Waals surface area contributed by atoms with Crippen LogP contribution in [0.5, 0.6) is 0 Å². The largest absolute Gasteiger partial charge is 0.308 e. The lowest BCUT2D eigenvalue weighted by atomic mass is 10.1. The zero-order chi connectivity index (χ0) is 11.1. The first kappa shape index (κ1) is 11.8. The Labute approximate surface area is 94.9 Å². The number of hydrogen-bond donors (Lipinski definition) is 1. The van der Waals surface area contributed by atoms with E-state index in [1.807, 2.05) is 12.1 Å². The molecule has 0 bridgehead atoms. The van der Waals surface area contributed by atoms with E-state index in [2.05, 4.69) is 24.2 Å². The van der Waals surface area contributed by atoms with E-state index in [4.69, 9.17) is 11.7 Å². The number of nitriles is 1. The van der Waals surface area contributed by atoms with Gasteiger partial charge in [-0.05, 0) is 18.6 Å². The highest BCUT2D eigenvalue weighted by Crippen LogP contribution is 2.15. The van der Waals surface area contributed by atoms with E-state index in [9.17, 15) is 0 Å². The molecule has 0 aliphatic rings. The van der Waals surface area contributed by atoms with Gasteiger partial charge in [-0.2, -0.15) is 5.26 Å². The molecule has 0 amide bonds. The van der Waals surface area contributed by atoms with E-state index in [0.717, 1.165) is 24.3 Å². The fraction of sp³-hybridized carbons (Fsp3) is 0.417. The molecular weight excluding hydrogens is 204 g/mol. The first-order chi connectivity index (χ1) is 7.30. The SMILES string of the molecule is C#CCC(CC)NCc1ccc(C#N)s1. The van der Waals surface area contributed by atoms with Gasteiger partial charge in [0.2, 0.25) is 0 Å². The number of thiophene rings is 1. The standard InChI is InChI=1S/C12H14N2S/c1-3-5-10(4-2)14-9-12-7-6-11(8-13)15-12/h1,6-7,10,14H,4-5,9H2,2H3. The quantitative estimate of drug-likeness (QED) is 0.771. The highest BCUT2D eigenvalue weighted by atomic mass is 32.1. The summed E-state index contributed by atoms with van der Waals surface area (Å²) in [5, 5.41) is 12.1. The van der Waals surface area contributed by atoms with E-state index in [-0.39, 0.29) is 0 Å². The minimum absolute atomic E-state index is 0.377. The second-order valence-corrected chi connectivity index (χ2v) is 4.44. The predicted molar refractivity (Wildman–Crippen MR) is 63.4 cm³/mol. The van der Waals surface area contributed by atoms with Crippen LogP contribution < -0.4 is 5.32 Å². The lowest BCUT2D eigenvalue weighted by molar-refractivity contribution is 0.509. The van der Waals surface area contributed by atoms with Crippen LogP contribution in [0.4, 0.5) is 0 Å². The lowest BCUT2D eigenvalue weighted by Gasteiger charge is -2.12. The molecule has 1 rings (SSSR count). The number of rotatable bonds is 5. The van der Waals surface area contributed by atoms with Crippen LogP contribution >= 0.6 is 11.3 Å². The fourth-order valence-electron chi connectivity index (χ4n) is 1.28. The zero-order valence-electron chi connectivity index (χ0n) is 8.79. The minimum atomic E-state index is 0.377. The highest BCUT2D eigenvalue weighted by molar-refractivity contribution is 7.12. The number of terminal acetylenes is 1. The van der Waals surface area contributed by atoms with Gasteiger partial charge in [-0.3, -0.25) is 0 Å². The molecule has 1 aromatic heterocycles. The van der Waals surface area contributed by atoms with Crippen molar-refractivity contribution in [3.8, 4) is 18.4 Å². The summed E-state index contributed by atoms with van der Waals surface area (Å²) < 4.78 is 0. The molecule has 78 valence electrons. The van der Waals surface area contributed by atoms with Crippen molar-refractivity contribution in [3.05, 3.63) is 21.9 Å². The van der Waals surface area contributed by atoms with Gasteiger partial charge in [-0.1, -0.05) is 6.92 Å². The Morgan fingerprint density at radius 2 is 2.40 bits per heavy atom. The van der Waals surface area contributed by atoms with Crippen LogP contribution in [0.2, 0.25) is 0 Å². The van der Waals surface area contributed by atoms with Gasteiger partial charge in [-0.25, -0.2) is 0 Å². The van der Waals surface area contributed by atoms with Gasteiger partial charge in [0.1, 0.15) is 10.9 Å². The molecule has 0 saturated heterocycles. The molecule has 1 unspecified atom stereocenters. The third-order valence-corrected chi connectivity index (χ3v) is 3.18. The monoisotopic (exact) mass is 218 g/mol. The van der Waals surface area contributed by atoms with Crippen LogP contribution in [0.15, 0.2) is 12.1 Å². The topological polar surface area (TPSA) is 35.8 Å². The summed E-state index contributed by atoms with van der Waals surface area (Å²) in [6, 6.07) is 6.35. The van der Waals surface area contributed by atoms with Crippen molar-refractivity contribution in [1.29, 1.82) is 5.26 Å². The average Bonchev–Trinajstić information content (AvgIpc) is 2.72. The Balaban J connectivity index is 2.43. The molecule has 15 heavy (non-hydrogen) atoms. The molecule has 0 aliphatic carbocycles. The van der Waals surface area contributed by atoms with Crippen LogP contribution in [-0.4, -0.2) is 6.04 Å². The van der Waals surface area contributed by atoms with E-state index in [0.29, 0.717) is 6.04 Å². The van der Waals surface area contributed by atoms with Gasteiger partial charge in [-0.15, -0.1) is 23.7 Å². The summed E-state index contributed by atoms with van der Waals surface area (Å²) >= 11 is 1.53. The Morgan fingerprint density at radius 3 is 2.93 bits per heavy atom. The van der Waals surface area contributed by atoms with E-state index in [1.54, 1.807) is 0 Å². The van der Waals surface area contributed by atoms with Crippen LogP contribution in [0.25, 0.3) is 0 Å². The molecular formula is C12H14N2S. The minimum Gasteiger partial charge on any atom is -0.308 e. The first-order valence-electron chi connectivity index (χ1n) is 4.95. The molecule has 3 heteroatoms. The van der Waals surface area contributed by atoms with Gasteiger partial charge in [0, 0.05) is 23.9 Å². The second kappa shape index (κ2) is 6.24. The molecule has 1 heterocycles. The molecule has 2 nitrogen and oxygen atoms in total. The molecule has 0 fully saturated rings. The van der Waals surface area contributed by atoms with Crippen LogP contribution in [0.3, 0.4) is 0 Å². The maximum absolute atomic E-state index is 8.67. The van der Waals surface area contributed by atoms with Gasteiger partial charge in [0.05, 0.1) is 0 Å². The van der Waals surface area contributed by atoms with Crippen molar-refractivity contribution < 1.29 is 0 Å². The van der Waals surface area contributed by atoms with Crippen LogP contribution in [-0.2, 0) is 6.54 Å². The van der Waals surface area contributed by atoms with Gasteiger partial charge < -0.3 is 5.32 Å². The molecule has 0 saturated carbocycles. The van der Waals surface area contributed by atoms with Gasteiger partial charge >= 0.3 is 0 Å². The third kappa shape index (κ3) is 3.75. The molecule has 1 aromatic rings. The Morgan fingerprint density at radius 1 is 1.60 bits per heavy atom. The molecule has 0 aromatic carbocycles. The van der Waals surface area contributed by atoms with E-state index < -0.39 is 0 Å². The third-order valence-electron chi connectivity index (χ3n) is 2.19. The normalized spacial score (nSPS) is 11.7. The number of nitrogens with one attached hydrogen (secondary N) is 1. The summed E-state index contributed by atoms with van der Waals surface area (Å²) in [5.41, 5.74) is 0. The Hall–Kier alpha value is -1.29. The zero-order valence-corrected chi connectivity index (χ0v) is 9.60. The van der Waals surface area contributed by atoms with Crippen LogP contribution in [0.1, 0.15) is 29.5 Å². The van der Waals surface area contributed by atoms with E-state index in [1.165, 1.54) is 16.2 Å². The lowest BCUT2D eigenvalue weighted by Crippen LogP contribution is -2.26. The Kier molecular flexibility index (Phi) is 4.90. The van der Waals surface area contributed by atoms with Crippen molar-refractivity contribution in [2.75, 3.05) is 0 Å². The summed E-state index contributed by atoms with van der Waals surface area (Å²) in [7, 11) is 0. The molecule has 0 aliphatic heterocycles. The molecule has 1 atom stereocenters. The smallest absolute Gasteiger partial charge is 0.110 e. The summed E-state index contributed by atoms with van der Waals surface area (Å²) in [5.74, 6) is 2.66. The maximum Gasteiger partial charge on any atom is 0.110 e. The van der Waals surface area contributed by atoms with Crippen molar-refractivity contribution in [1.82, 2.24) is 5.32 Å². The van der Waals surface area contributed by atoms with Crippen molar-refractivity contribution in [3.63, 3.8) is 0 Å². The summed E-state index contributed by atoms with van der Waals surface area (Å²) in [6.07, 6.45) is 7.05. The van der Waals surface area contributed by atoms with Crippen molar-refractivity contribution in [2.45, 2.75) is 32.4 Å². The molecule has 1 N–H and O–H groups in total. The molecule has 0 spiro atoms. The fourth-order valence-corrected chi connectivity index (χ4v) is 2.04. The van der Waals surface area contributed by atoms with Crippen molar-refractivity contribution >= 4 is 11.3 Å². The van der Waals surface area contributed by atoms with Gasteiger partial charge in [0.15, 0.2) is 0 Å². The second-order valence-electron chi connectivity index (χ2n) is 3.27. The average molecular weight is 218 g/mol. The van der Waals surface area contributed by atoms with E-state index >= 15 is 0 Å². The molecule has 0 radical (unpaired) electrons. The highest BCUT2D eigenvalue weighted by Gasteiger charge is 2.04. The number of nitrogens with zero attached hydrogens (tertiary/aromatic N) is 1. The van der Waals surface area contributed by atoms with Crippen LogP contribution in [0, 0.1) is 23.7 Å². The van der Waals surface area contributed by atoms with Gasteiger partial charge in [0.25, 0.3) is 0 Å². The Bertz CT molecular complexity index is 381. The van der Waals surface area contributed by atoms with Crippen molar-refractivity contribution in [2.24, 2.45) is 0 Å². The maximum atomic E-state index is 8.67. The summed E-state index contributed by atoms with van der Waals surface area (Å²) in [4.78, 5) is 1.94. The predicted octanol–water partition coefficient (Wildman–Crippen LogP) is 2.51. The number of hydrogen-bond acceptors (Lipinski definition) is 3.